The molecule has 0 unspecified atom stereocenters. The highest BCUT2D eigenvalue weighted by molar-refractivity contribution is 5.79. The van der Waals surface area contributed by atoms with Crippen LogP contribution in [0, 0.1) is 0 Å². The number of nitrogens with zero attached hydrogens (tertiary/aromatic N) is 2. The molecule has 3 aromatic carbocycles. The lowest BCUT2D eigenvalue weighted by molar-refractivity contribution is 1.10. The van der Waals surface area contributed by atoms with Gasteiger partial charge < -0.3 is 4.90 Å². The average molecular weight is 379 g/mol. The molecule has 0 spiro atoms. The van der Waals surface area contributed by atoms with Gasteiger partial charge in [-0.05, 0) is 47.4 Å². The maximum Gasteiger partial charge on any atom is 0.0715 e. The lowest BCUT2D eigenvalue weighted by Gasteiger charge is -2.17. The number of pyridine rings is 1. The van der Waals surface area contributed by atoms with Crippen LogP contribution in [0.25, 0.3) is 33.6 Å². The second-order valence-electron chi connectivity index (χ2n) is 7.45. The Labute approximate surface area is 173 Å². The summed E-state index contributed by atoms with van der Waals surface area (Å²) in [4.78, 5) is 7.15. The molecule has 0 N–H and O–H groups in total. The van der Waals surface area contributed by atoms with Crippen molar-refractivity contribution < 1.29 is 0 Å². The van der Waals surface area contributed by atoms with Crippen molar-refractivity contribution in [3.05, 3.63) is 96.6 Å². The maximum atomic E-state index is 4.99. The van der Waals surface area contributed by atoms with Crippen LogP contribution in [-0.4, -0.2) is 19.1 Å². The normalized spacial score (nSPS) is 10.7. The lowest BCUT2D eigenvalue weighted by Crippen LogP contribution is -2.09. The number of aryl methyl sites for hydroxylation is 1. The topological polar surface area (TPSA) is 16.1 Å². The number of benzene rings is 3. The first-order valence-corrected chi connectivity index (χ1v) is 10.1. The number of hydrogen-bond donors (Lipinski definition) is 0. The van der Waals surface area contributed by atoms with Gasteiger partial charge in [0.25, 0.3) is 0 Å². The van der Waals surface area contributed by atoms with E-state index >= 15 is 0 Å². The molecule has 0 aliphatic rings. The van der Waals surface area contributed by atoms with Gasteiger partial charge >= 0.3 is 0 Å². The molecule has 2 nitrogen and oxygen atoms in total. The van der Waals surface area contributed by atoms with E-state index in [1.807, 2.05) is 12.1 Å². The molecule has 0 amide bonds. The Kier molecular flexibility index (Phi) is 5.44. The Hall–Kier alpha value is -3.39. The predicted molar refractivity (Wildman–Crippen MR) is 124 cm³/mol. The van der Waals surface area contributed by atoms with Crippen molar-refractivity contribution >= 4 is 5.69 Å². The second kappa shape index (κ2) is 8.32. The van der Waals surface area contributed by atoms with E-state index in [1.54, 1.807) is 0 Å². The number of anilines is 1. The molecule has 0 saturated heterocycles. The second-order valence-corrected chi connectivity index (χ2v) is 7.45. The van der Waals surface area contributed by atoms with E-state index in [9.17, 15) is 0 Å². The standard InChI is InChI=1S/C27H26N2/c1-4-20-17-24(29(2)3)15-16-25(20)23-18-26(21-11-7-5-8-12-21)28-27(19-23)22-13-9-6-10-14-22/h5-19H,4H2,1-3H3. The maximum absolute atomic E-state index is 4.99. The average Bonchev–Trinajstić information content (AvgIpc) is 2.79. The molecule has 0 aliphatic carbocycles. The van der Waals surface area contributed by atoms with Gasteiger partial charge in [-0.1, -0.05) is 73.7 Å². The Morgan fingerprint density at radius 2 is 1.21 bits per heavy atom. The number of hydrogen-bond acceptors (Lipinski definition) is 2. The van der Waals surface area contributed by atoms with Crippen molar-refractivity contribution in [1.29, 1.82) is 0 Å². The molecule has 4 rings (SSSR count). The third kappa shape index (κ3) is 4.07. The molecule has 0 saturated carbocycles. The zero-order valence-electron chi connectivity index (χ0n) is 17.3. The van der Waals surface area contributed by atoms with Crippen LogP contribution < -0.4 is 4.90 Å². The fraction of sp³-hybridized carbons (Fsp3) is 0.148. The van der Waals surface area contributed by atoms with Crippen LogP contribution in [0.15, 0.2) is 91.0 Å². The van der Waals surface area contributed by atoms with E-state index in [0.29, 0.717) is 0 Å². The van der Waals surface area contributed by atoms with Crippen molar-refractivity contribution in [2.24, 2.45) is 0 Å². The number of aromatic nitrogens is 1. The summed E-state index contributed by atoms with van der Waals surface area (Å²) in [6.07, 6.45) is 0.987. The Bertz CT molecular complexity index is 1040. The minimum absolute atomic E-state index is 0.987. The van der Waals surface area contributed by atoms with Crippen LogP contribution in [0.4, 0.5) is 5.69 Å². The van der Waals surface area contributed by atoms with Crippen molar-refractivity contribution in [2.75, 3.05) is 19.0 Å². The van der Waals surface area contributed by atoms with Gasteiger partial charge in [-0.2, -0.15) is 0 Å². The predicted octanol–water partition coefficient (Wildman–Crippen LogP) is 6.71. The van der Waals surface area contributed by atoms with Gasteiger partial charge in [0.1, 0.15) is 0 Å². The monoisotopic (exact) mass is 378 g/mol. The van der Waals surface area contributed by atoms with Crippen molar-refractivity contribution in [3.63, 3.8) is 0 Å². The van der Waals surface area contributed by atoms with E-state index in [-0.39, 0.29) is 0 Å². The Balaban J connectivity index is 1.92. The highest BCUT2D eigenvalue weighted by Crippen LogP contribution is 2.33. The van der Waals surface area contributed by atoms with E-state index in [2.05, 4.69) is 105 Å². The van der Waals surface area contributed by atoms with E-state index in [4.69, 9.17) is 4.98 Å². The number of rotatable bonds is 5. The first-order chi connectivity index (χ1) is 14.2. The summed E-state index contributed by atoms with van der Waals surface area (Å²) in [7, 11) is 4.17. The van der Waals surface area contributed by atoms with Gasteiger partial charge in [-0.3, -0.25) is 0 Å². The smallest absolute Gasteiger partial charge is 0.0715 e. The van der Waals surface area contributed by atoms with Crippen LogP contribution in [0.5, 0.6) is 0 Å². The van der Waals surface area contributed by atoms with Gasteiger partial charge in [-0.25, -0.2) is 4.98 Å². The lowest BCUT2D eigenvalue weighted by atomic mass is 9.95. The zero-order chi connectivity index (χ0) is 20.2. The van der Waals surface area contributed by atoms with Crippen LogP contribution in [-0.2, 0) is 6.42 Å². The summed E-state index contributed by atoms with van der Waals surface area (Å²) >= 11 is 0. The molecule has 0 aliphatic heterocycles. The van der Waals surface area contributed by atoms with Gasteiger partial charge in [-0.15, -0.1) is 0 Å². The molecule has 1 heterocycles. The van der Waals surface area contributed by atoms with Gasteiger partial charge in [0, 0.05) is 30.9 Å². The molecule has 0 bridgehead atoms. The molecule has 1 aromatic heterocycles. The van der Waals surface area contributed by atoms with Gasteiger partial charge in [0.2, 0.25) is 0 Å². The van der Waals surface area contributed by atoms with Gasteiger partial charge in [0.05, 0.1) is 11.4 Å². The quantitative estimate of drug-likeness (QED) is 0.383. The van der Waals surface area contributed by atoms with E-state index < -0.39 is 0 Å². The highest BCUT2D eigenvalue weighted by Gasteiger charge is 2.12. The molecule has 29 heavy (non-hydrogen) atoms. The van der Waals surface area contributed by atoms with Crippen molar-refractivity contribution in [2.45, 2.75) is 13.3 Å². The highest BCUT2D eigenvalue weighted by atomic mass is 15.1. The van der Waals surface area contributed by atoms with E-state index in [1.165, 1.54) is 22.4 Å². The fourth-order valence-electron chi connectivity index (χ4n) is 3.63. The minimum Gasteiger partial charge on any atom is -0.378 e. The third-order valence-electron chi connectivity index (χ3n) is 5.26. The first kappa shape index (κ1) is 18.9. The van der Waals surface area contributed by atoms with E-state index in [0.717, 1.165) is 28.9 Å². The third-order valence-corrected chi connectivity index (χ3v) is 5.26. The molecular weight excluding hydrogens is 352 g/mol. The molecule has 2 heteroatoms. The zero-order valence-corrected chi connectivity index (χ0v) is 17.3. The summed E-state index contributed by atoms with van der Waals surface area (Å²) in [5.74, 6) is 0. The summed E-state index contributed by atoms with van der Waals surface area (Å²) in [6, 6.07) is 32.0. The summed E-state index contributed by atoms with van der Waals surface area (Å²) < 4.78 is 0. The molecular formula is C27H26N2. The SMILES string of the molecule is CCc1cc(N(C)C)ccc1-c1cc(-c2ccccc2)nc(-c2ccccc2)c1. The van der Waals surface area contributed by atoms with Gasteiger partial charge in [0.15, 0.2) is 0 Å². The molecule has 0 fully saturated rings. The molecule has 144 valence electrons. The van der Waals surface area contributed by atoms with Crippen molar-refractivity contribution in [1.82, 2.24) is 4.98 Å². The largest absolute Gasteiger partial charge is 0.378 e. The Morgan fingerprint density at radius 3 is 1.69 bits per heavy atom. The summed E-state index contributed by atoms with van der Waals surface area (Å²) in [5.41, 5.74) is 9.33. The molecule has 4 aromatic rings. The fourth-order valence-corrected chi connectivity index (χ4v) is 3.63. The van der Waals surface area contributed by atoms with Crippen LogP contribution in [0.3, 0.4) is 0 Å². The van der Waals surface area contributed by atoms with Crippen LogP contribution in [0.1, 0.15) is 12.5 Å². The Morgan fingerprint density at radius 1 is 0.655 bits per heavy atom. The first-order valence-electron chi connectivity index (χ1n) is 10.1. The molecule has 0 atom stereocenters. The van der Waals surface area contributed by atoms with Crippen LogP contribution >= 0.6 is 0 Å². The van der Waals surface area contributed by atoms with Crippen molar-refractivity contribution in [3.8, 4) is 33.6 Å². The minimum atomic E-state index is 0.987. The summed E-state index contributed by atoms with van der Waals surface area (Å²) in [5, 5.41) is 0. The van der Waals surface area contributed by atoms with Crippen LogP contribution in [0.2, 0.25) is 0 Å². The molecule has 0 radical (unpaired) electrons. The summed E-state index contributed by atoms with van der Waals surface area (Å²) in [6.45, 7) is 2.22.